The van der Waals surface area contributed by atoms with Crippen LogP contribution in [0.25, 0.3) is 6.08 Å². The van der Waals surface area contributed by atoms with E-state index >= 15 is 0 Å². The van der Waals surface area contributed by atoms with E-state index in [-0.39, 0.29) is 6.42 Å². The summed E-state index contributed by atoms with van der Waals surface area (Å²) in [7, 11) is 0. The summed E-state index contributed by atoms with van der Waals surface area (Å²) in [6, 6.07) is 7.76. The number of hydrogen-bond acceptors (Lipinski definition) is 3. The van der Waals surface area contributed by atoms with E-state index in [1.54, 1.807) is 0 Å². The van der Waals surface area contributed by atoms with Crippen molar-refractivity contribution in [2.75, 3.05) is 0 Å². The molecule has 1 aliphatic heterocycles. The lowest BCUT2D eigenvalue weighted by Crippen LogP contribution is -2.49. The third kappa shape index (κ3) is 3.14. The van der Waals surface area contributed by atoms with Crippen molar-refractivity contribution in [3.8, 4) is 12.3 Å². The first kappa shape index (κ1) is 13.2. The molecule has 0 bridgehead atoms. The third-order valence-corrected chi connectivity index (χ3v) is 3.27. The molecule has 1 atom stereocenters. The topological polar surface area (TPSA) is 61.7 Å². The third-order valence-electron chi connectivity index (χ3n) is 3.27. The molecule has 4 heteroatoms. The Kier molecular flexibility index (Phi) is 3.86. The second-order valence-corrected chi connectivity index (χ2v) is 4.68. The Bertz CT molecular complexity index is 630. The molecule has 2 rings (SSSR count). The van der Waals surface area contributed by atoms with Crippen LogP contribution in [0.4, 0.5) is 0 Å². The predicted octanol–water partition coefficient (Wildman–Crippen LogP) is 0.622. The van der Waals surface area contributed by atoms with Crippen molar-refractivity contribution in [3.63, 3.8) is 0 Å². The van der Waals surface area contributed by atoms with Gasteiger partial charge in [0.15, 0.2) is 0 Å². The molecule has 1 aromatic rings. The number of benzene rings is 1. The van der Waals surface area contributed by atoms with Gasteiger partial charge in [0.1, 0.15) is 0 Å². The van der Waals surface area contributed by atoms with E-state index in [4.69, 9.17) is 11.5 Å². The fourth-order valence-electron chi connectivity index (χ4n) is 2.22. The SMILES string of the molecule is C#CCCC1(CCC(=O)O)C=c2ccccc2=NN1. The average molecular weight is 256 g/mol. The summed E-state index contributed by atoms with van der Waals surface area (Å²) in [5.74, 6) is 1.79. The standard InChI is InChI=1S/C15H16N2O2/c1-2-3-9-15(10-8-14(18)19)11-12-6-4-5-7-13(12)16-17-15/h1,4-7,11,17H,3,8-10H2,(H,18,19). The van der Waals surface area contributed by atoms with E-state index in [0.717, 1.165) is 10.6 Å². The smallest absolute Gasteiger partial charge is 0.303 e. The molecule has 1 aromatic carbocycles. The molecule has 0 amide bonds. The number of fused-ring (bicyclic) bond motifs is 1. The van der Waals surface area contributed by atoms with Crippen molar-refractivity contribution in [3.05, 3.63) is 34.8 Å². The minimum atomic E-state index is -0.811. The largest absolute Gasteiger partial charge is 0.481 e. The number of nitrogens with one attached hydrogen (secondary N) is 1. The van der Waals surface area contributed by atoms with Crippen LogP contribution in [0.1, 0.15) is 25.7 Å². The molecule has 1 heterocycles. The van der Waals surface area contributed by atoms with Gasteiger partial charge in [-0.15, -0.1) is 12.3 Å². The van der Waals surface area contributed by atoms with Crippen LogP contribution < -0.4 is 16.0 Å². The number of terminal acetylenes is 1. The van der Waals surface area contributed by atoms with Crippen LogP contribution in [0.2, 0.25) is 0 Å². The number of carboxylic acids is 1. The van der Waals surface area contributed by atoms with Crippen LogP contribution in [0.3, 0.4) is 0 Å². The van der Waals surface area contributed by atoms with E-state index in [1.807, 2.05) is 24.3 Å². The second-order valence-electron chi connectivity index (χ2n) is 4.68. The van der Waals surface area contributed by atoms with Gasteiger partial charge in [0.05, 0.1) is 10.9 Å². The molecule has 0 saturated heterocycles. The zero-order chi connectivity index (χ0) is 13.7. The maximum atomic E-state index is 10.8. The van der Waals surface area contributed by atoms with Crippen molar-refractivity contribution < 1.29 is 9.90 Å². The zero-order valence-electron chi connectivity index (χ0n) is 10.6. The van der Waals surface area contributed by atoms with Crippen molar-refractivity contribution in [2.45, 2.75) is 31.2 Å². The van der Waals surface area contributed by atoms with Gasteiger partial charge in [0, 0.05) is 18.1 Å². The molecule has 4 nitrogen and oxygen atoms in total. The minimum Gasteiger partial charge on any atom is -0.481 e. The summed E-state index contributed by atoms with van der Waals surface area (Å²) < 4.78 is 0. The second kappa shape index (κ2) is 5.57. The van der Waals surface area contributed by atoms with Gasteiger partial charge in [-0.25, -0.2) is 0 Å². The molecule has 1 unspecified atom stereocenters. The van der Waals surface area contributed by atoms with Crippen molar-refractivity contribution in [1.29, 1.82) is 0 Å². The quantitative estimate of drug-likeness (QED) is 0.759. The molecule has 1 aliphatic rings. The molecule has 2 N–H and O–H groups in total. The molecule has 0 aromatic heterocycles. The lowest BCUT2D eigenvalue weighted by atomic mass is 9.87. The summed E-state index contributed by atoms with van der Waals surface area (Å²) in [4.78, 5) is 10.8. The Morgan fingerprint density at radius 3 is 2.95 bits per heavy atom. The molecule has 0 spiro atoms. The van der Waals surface area contributed by atoms with Gasteiger partial charge < -0.3 is 5.11 Å². The van der Waals surface area contributed by atoms with Crippen molar-refractivity contribution in [1.82, 2.24) is 5.43 Å². The normalized spacial score (nSPS) is 20.2. The van der Waals surface area contributed by atoms with Gasteiger partial charge in [-0.3, -0.25) is 10.2 Å². The molecule has 0 fully saturated rings. The number of hydrogen-bond donors (Lipinski definition) is 2. The fraction of sp³-hybridized carbons (Fsp3) is 0.333. The van der Waals surface area contributed by atoms with Gasteiger partial charge in [0.25, 0.3) is 0 Å². The van der Waals surface area contributed by atoms with Gasteiger partial charge >= 0.3 is 5.97 Å². The van der Waals surface area contributed by atoms with E-state index in [1.165, 1.54) is 0 Å². The molecule has 98 valence electrons. The number of carbonyl (C=O) groups is 1. The van der Waals surface area contributed by atoms with Crippen LogP contribution in [0.15, 0.2) is 29.4 Å². The van der Waals surface area contributed by atoms with E-state index < -0.39 is 11.5 Å². The zero-order valence-corrected chi connectivity index (χ0v) is 10.6. The van der Waals surface area contributed by atoms with Crippen LogP contribution in [0, 0.1) is 12.3 Å². The highest BCUT2D eigenvalue weighted by molar-refractivity contribution is 5.67. The van der Waals surface area contributed by atoms with Crippen LogP contribution in [-0.4, -0.2) is 16.6 Å². The predicted molar refractivity (Wildman–Crippen MR) is 72.5 cm³/mol. The number of para-hydroxylation sites is 1. The van der Waals surface area contributed by atoms with Crippen LogP contribution in [0.5, 0.6) is 0 Å². The Morgan fingerprint density at radius 2 is 2.21 bits per heavy atom. The van der Waals surface area contributed by atoms with Crippen LogP contribution >= 0.6 is 0 Å². The number of aliphatic carboxylic acids is 1. The molecule has 0 saturated carbocycles. The average Bonchev–Trinajstić information content (AvgIpc) is 2.43. The highest BCUT2D eigenvalue weighted by Gasteiger charge is 2.28. The van der Waals surface area contributed by atoms with E-state index in [9.17, 15) is 4.79 Å². The first-order valence-corrected chi connectivity index (χ1v) is 6.23. The molecule has 0 radical (unpaired) electrons. The molecular formula is C15H16N2O2. The summed E-state index contributed by atoms with van der Waals surface area (Å²) in [5, 5.41) is 15.1. The summed E-state index contributed by atoms with van der Waals surface area (Å²) in [6.07, 6.45) is 9.19. The van der Waals surface area contributed by atoms with Gasteiger partial charge in [-0.05, 0) is 25.0 Å². The summed E-state index contributed by atoms with van der Waals surface area (Å²) in [5.41, 5.74) is 2.63. The van der Waals surface area contributed by atoms with Gasteiger partial charge in [-0.2, -0.15) is 5.10 Å². The Balaban J connectivity index is 2.33. The maximum Gasteiger partial charge on any atom is 0.303 e. The number of nitrogens with zero attached hydrogens (tertiary/aromatic N) is 1. The Morgan fingerprint density at radius 1 is 1.42 bits per heavy atom. The first-order chi connectivity index (χ1) is 9.15. The lowest BCUT2D eigenvalue weighted by Gasteiger charge is -2.31. The van der Waals surface area contributed by atoms with Gasteiger partial charge in [-0.1, -0.05) is 18.2 Å². The van der Waals surface area contributed by atoms with Crippen molar-refractivity contribution >= 4 is 12.0 Å². The minimum absolute atomic E-state index is 0.0890. The van der Waals surface area contributed by atoms with Crippen molar-refractivity contribution in [2.24, 2.45) is 5.10 Å². The van der Waals surface area contributed by atoms with E-state index in [2.05, 4.69) is 22.5 Å². The highest BCUT2D eigenvalue weighted by atomic mass is 16.4. The Labute approximate surface area is 111 Å². The summed E-state index contributed by atoms with van der Waals surface area (Å²) >= 11 is 0. The molecule has 0 aliphatic carbocycles. The van der Waals surface area contributed by atoms with Gasteiger partial charge in [0.2, 0.25) is 0 Å². The van der Waals surface area contributed by atoms with E-state index in [0.29, 0.717) is 19.3 Å². The number of carboxylic acid groups (broad SMARTS) is 1. The Hall–Kier alpha value is -2.28. The molecular weight excluding hydrogens is 240 g/mol. The fourth-order valence-corrected chi connectivity index (χ4v) is 2.22. The maximum absolute atomic E-state index is 10.8. The number of rotatable bonds is 5. The molecule has 19 heavy (non-hydrogen) atoms. The first-order valence-electron chi connectivity index (χ1n) is 6.23. The van der Waals surface area contributed by atoms with Crippen LogP contribution in [-0.2, 0) is 4.79 Å². The summed E-state index contributed by atoms with van der Waals surface area (Å²) in [6.45, 7) is 0. The lowest BCUT2D eigenvalue weighted by molar-refractivity contribution is -0.137. The highest BCUT2D eigenvalue weighted by Crippen LogP contribution is 2.22. The monoisotopic (exact) mass is 256 g/mol.